The number of likely N-dealkylation sites (N-methyl/N-ethyl adjacent to an activating group) is 1. The second-order valence-corrected chi connectivity index (χ2v) is 7.44. The maximum absolute atomic E-state index is 6.00. The van der Waals surface area contributed by atoms with Gasteiger partial charge < -0.3 is 19.4 Å². The zero-order valence-corrected chi connectivity index (χ0v) is 19.1. The second-order valence-electron chi connectivity index (χ2n) is 7.44. The molecule has 1 fully saturated rings. The Hall–Kier alpha value is -0.390. The average Bonchev–Trinajstić information content (AvgIpc) is 3.00. The van der Waals surface area contributed by atoms with Crippen LogP contribution in [0.1, 0.15) is 31.2 Å². The normalized spacial score (nSPS) is 16.2. The van der Waals surface area contributed by atoms with E-state index < -0.39 is 0 Å². The minimum atomic E-state index is 0. The Labute approximate surface area is 183 Å². The van der Waals surface area contributed by atoms with Gasteiger partial charge in [0.2, 0.25) is 0 Å². The number of halogens is 3. The molecule has 0 N–H and O–H groups in total. The first-order valence-corrected chi connectivity index (χ1v) is 9.60. The topological polar surface area (TPSA) is 19.0 Å². The molecule has 0 aromatic heterocycles. The Bertz CT molecular complexity index is 525. The van der Waals surface area contributed by atoms with Crippen LogP contribution in [-0.2, 0) is 6.42 Å². The van der Waals surface area contributed by atoms with Crippen LogP contribution in [0.3, 0.4) is 0 Å². The van der Waals surface area contributed by atoms with Crippen LogP contribution in [0.25, 0.3) is 0 Å². The largest absolute Gasteiger partial charge is 0.494 e. The quantitative estimate of drug-likeness (QED) is 0.566. The molecule has 2 heterocycles. The molecule has 1 aromatic rings. The van der Waals surface area contributed by atoms with Crippen molar-refractivity contribution in [1.29, 1.82) is 0 Å². The van der Waals surface area contributed by atoms with Gasteiger partial charge in [0.1, 0.15) is 5.75 Å². The molecule has 3 rings (SSSR count). The zero-order valence-electron chi connectivity index (χ0n) is 16.7. The van der Waals surface area contributed by atoms with Gasteiger partial charge in [0.25, 0.3) is 0 Å². The van der Waals surface area contributed by atoms with Crippen molar-refractivity contribution in [2.75, 3.05) is 64.9 Å². The average molecular weight is 441 g/mol. The number of benzene rings is 1. The Balaban J connectivity index is 0.00000225. The van der Waals surface area contributed by atoms with E-state index in [2.05, 4.69) is 47.0 Å². The smallest absolute Gasteiger partial charge is 0.119 e. The molecule has 2 aliphatic heterocycles. The summed E-state index contributed by atoms with van der Waals surface area (Å²) in [6, 6.07) is 6.65. The first-order chi connectivity index (χ1) is 11.7. The molecule has 0 atom stereocenters. The van der Waals surface area contributed by atoms with Crippen molar-refractivity contribution >= 4 is 42.9 Å². The first-order valence-electron chi connectivity index (χ1n) is 9.60. The summed E-state index contributed by atoms with van der Waals surface area (Å²) in [6.07, 6.45) is 6.43. The molecule has 4 nitrogen and oxygen atoms in total. The Morgan fingerprint density at radius 1 is 0.963 bits per heavy atom. The number of nitrogens with zero attached hydrogens (tertiary/aromatic N) is 3. The standard InChI is InChI=1S/C20H33N3O.3ClH/c1-21(2)14-15-23-13-9-18-17-19(7-8-20(18)23)24-16-6-12-22-10-4-3-5-11-22;;;/h7-8,17H,3-6,9-16H2,1-2H3;3*1H. The minimum absolute atomic E-state index is 0. The number of rotatable bonds is 8. The third kappa shape index (κ3) is 8.25. The fourth-order valence-electron chi connectivity index (χ4n) is 3.75. The van der Waals surface area contributed by atoms with Gasteiger partial charge in [-0.1, -0.05) is 6.42 Å². The van der Waals surface area contributed by atoms with Crippen molar-refractivity contribution in [3.05, 3.63) is 23.8 Å². The van der Waals surface area contributed by atoms with Crippen molar-refractivity contribution in [2.24, 2.45) is 0 Å². The molecule has 158 valence electrons. The first kappa shape index (κ1) is 26.6. The molecule has 27 heavy (non-hydrogen) atoms. The van der Waals surface area contributed by atoms with E-state index in [0.717, 1.165) is 44.8 Å². The zero-order chi connectivity index (χ0) is 16.8. The lowest BCUT2D eigenvalue weighted by Crippen LogP contribution is -2.31. The molecule has 2 aliphatic rings. The number of ether oxygens (including phenoxy) is 1. The van der Waals surface area contributed by atoms with Crippen LogP contribution in [0.15, 0.2) is 18.2 Å². The predicted molar refractivity (Wildman–Crippen MR) is 123 cm³/mol. The summed E-state index contributed by atoms with van der Waals surface area (Å²) in [5, 5.41) is 0. The maximum Gasteiger partial charge on any atom is 0.119 e. The van der Waals surface area contributed by atoms with Gasteiger partial charge in [-0.15, -0.1) is 37.2 Å². The van der Waals surface area contributed by atoms with E-state index in [0.29, 0.717) is 0 Å². The van der Waals surface area contributed by atoms with Crippen molar-refractivity contribution < 1.29 is 4.74 Å². The van der Waals surface area contributed by atoms with Gasteiger partial charge in [-0.25, -0.2) is 0 Å². The molecule has 0 spiro atoms. The molecular formula is C20H36Cl3N3O. The molecule has 0 aliphatic carbocycles. The van der Waals surface area contributed by atoms with E-state index in [-0.39, 0.29) is 37.2 Å². The summed E-state index contributed by atoms with van der Waals surface area (Å²) < 4.78 is 6.00. The van der Waals surface area contributed by atoms with E-state index in [1.54, 1.807) is 0 Å². The number of hydrogen-bond acceptors (Lipinski definition) is 4. The molecular weight excluding hydrogens is 405 g/mol. The number of likely N-dealkylation sites (tertiary alicyclic amines) is 1. The summed E-state index contributed by atoms with van der Waals surface area (Å²) in [7, 11) is 4.27. The molecule has 0 saturated carbocycles. The van der Waals surface area contributed by atoms with Crippen molar-refractivity contribution in [1.82, 2.24) is 9.80 Å². The van der Waals surface area contributed by atoms with Gasteiger partial charge in [0.15, 0.2) is 0 Å². The van der Waals surface area contributed by atoms with E-state index in [4.69, 9.17) is 4.74 Å². The lowest BCUT2D eigenvalue weighted by atomic mass is 10.1. The summed E-state index contributed by atoms with van der Waals surface area (Å²) >= 11 is 0. The third-order valence-corrected chi connectivity index (χ3v) is 5.20. The molecule has 0 radical (unpaired) electrons. The van der Waals surface area contributed by atoms with Gasteiger partial charge in [0, 0.05) is 31.9 Å². The van der Waals surface area contributed by atoms with Crippen LogP contribution in [0.5, 0.6) is 5.75 Å². The SMILES string of the molecule is CN(C)CCN1CCc2cc(OCCCN3CCCCC3)ccc21.Cl.Cl.Cl. The highest BCUT2D eigenvalue weighted by Crippen LogP contribution is 2.31. The van der Waals surface area contributed by atoms with Crippen molar-refractivity contribution in [3.8, 4) is 5.75 Å². The fourth-order valence-corrected chi connectivity index (χ4v) is 3.75. The van der Waals surface area contributed by atoms with E-state index in [1.165, 1.54) is 50.1 Å². The monoisotopic (exact) mass is 439 g/mol. The van der Waals surface area contributed by atoms with E-state index in [1.807, 2.05) is 0 Å². The van der Waals surface area contributed by atoms with E-state index >= 15 is 0 Å². The highest BCUT2D eigenvalue weighted by atomic mass is 35.5. The van der Waals surface area contributed by atoms with Crippen LogP contribution in [0.4, 0.5) is 5.69 Å². The van der Waals surface area contributed by atoms with E-state index in [9.17, 15) is 0 Å². The molecule has 7 heteroatoms. The summed E-state index contributed by atoms with van der Waals surface area (Å²) in [6.45, 7) is 7.93. The van der Waals surface area contributed by atoms with Gasteiger partial charge >= 0.3 is 0 Å². The summed E-state index contributed by atoms with van der Waals surface area (Å²) in [4.78, 5) is 7.32. The number of fused-ring (bicyclic) bond motifs is 1. The van der Waals surface area contributed by atoms with Crippen LogP contribution >= 0.6 is 37.2 Å². The van der Waals surface area contributed by atoms with Crippen LogP contribution in [0, 0.1) is 0 Å². The lowest BCUT2D eigenvalue weighted by Gasteiger charge is -2.26. The highest BCUT2D eigenvalue weighted by molar-refractivity contribution is 5.86. The molecule has 1 aromatic carbocycles. The van der Waals surface area contributed by atoms with Gasteiger partial charge in [-0.3, -0.25) is 0 Å². The molecule has 0 bridgehead atoms. The molecule has 1 saturated heterocycles. The van der Waals surface area contributed by atoms with Crippen molar-refractivity contribution in [2.45, 2.75) is 32.1 Å². The summed E-state index contributed by atoms with van der Waals surface area (Å²) in [5.74, 6) is 1.04. The molecule has 0 amide bonds. The van der Waals surface area contributed by atoms with Crippen LogP contribution in [0.2, 0.25) is 0 Å². The van der Waals surface area contributed by atoms with Gasteiger partial charge in [-0.2, -0.15) is 0 Å². The second kappa shape index (κ2) is 13.7. The Kier molecular flexibility index (Phi) is 13.5. The number of anilines is 1. The maximum atomic E-state index is 6.00. The minimum Gasteiger partial charge on any atom is -0.494 e. The van der Waals surface area contributed by atoms with Crippen LogP contribution in [-0.4, -0.2) is 69.8 Å². The predicted octanol–water partition coefficient (Wildman–Crippen LogP) is 4.13. The Morgan fingerprint density at radius 2 is 1.70 bits per heavy atom. The summed E-state index contributed by atoms with van der Waals surface area (Å²) in [5.41, 5.74) is 2.85. The van der Waals surface area contributed by atoms with Crippen LogP contribution < -0.4 is 9.64 Å². The fraction of sp³-hybridized carbons (Fsp3) is 0.700. The Morgan fingerprint density at radius 3 is 2.41 bits per heavy atom. The molecule has 0 unspecified atom stereocenters. The lowest BCUT2D eigenvalue weighted by molar-refractivity contribution is 0.205. The number of hydrogen-bond donors (Lipinski definition) is 0. The van der Waals surface area contributed by atoms with Gasteiger partial charge in [0.05, 0.1) is 6.61 Å². The van der Waals surface area contributed by atoms with Crippen molar-refractivity contribution in [3.63, 3.8) is 0 Å². The number of piperidine rings is 1. The van der Waals surface area contributed by atoms with Gasteiger partial charge in [-0.05, 0) is 76.6 Å². The highest BCUT2D eigenvalue weighted by Gasteiger charge is 2.19. The third-order valence-electron chi connectivity index (χ3n) is 5.20.